The first kappa shape index (κ1) is 13.9. The fourth-order valence-electron chi connectivity index (χ4n) is 3.05. The van der Waals surface area contributed by atoms with Crippen molar-refractivity contribution in [2.24, 2.45) is 0 Å². The smallest absolute Gasteiger partial charge is 0.304 e. The summed E-state index contributed by atoms with van der Waals surface area (Å²) in [6, 6.07) is 4.94. The summed E-state index contributed by atoms with van der Waals surface area (Å²) in [5.41, 5.74) is 1.00. The van der Waals surface area contributed by atoms with E-state index in [1.54, 1.807) is 13.0 Å². The van der Waals surface area contributed by atoms with Crippen molar-refractivity contribution in [3.63, 3.8) is 0 Å². The Hall–Kier alpha value is -2.11. The molecule has 2 aliphatic rings. The lowest BCUT2D eigenvalue weighted by Crippen LogP contribution is -2.36. The molecule has 0 fully saturated rings. The number of benzene rings is 1. The summed E-state index contributed by atoms with van der Waals surface area (Å²) in [5.74, 6) is -1.79. The second-order valence-electron chi connectivity index (χ2n) is 5.33. The Morgan fingerprint density at radius 3 is 2.57 bits per heavy atom. The highest BCUT2D eigenvalue weighted by Crippen LogP contribution is 2.40. The van der Waals surface area contributed by atoms with Gasteiger partial charge in [0, 0.05) is 18.5 Å². The minimum Gasteiger partial charge on any atom is -0.304 e. The predicted octanol–water partition coefficient (Wildman–Crippen LogP) is 2.71. The number of fused-ring (bicyclic) bond motifs is 3. The molecule has 0 N–H and O–H groups in total. The van der Waals surface area contributed by atoms with Crippen LogP contribution in [0.4, 0.5) is 18.9 Å². The fraction of sp³-hybridized carbons (Fsp3) is 0.333. The van der Waals surface area contributed by atoms with Crippen molar-refractivity contribution < 1.29 is 22.8 Å². The monoisotopic (exact) mass is 295 g/mol. The summed E-state index contributed by atoms with van der Waals surface area (Å²) in [6.45, 7) is 1.80. The second-order valence-corrected chi connectivity index (χ2v) is 5.33. The molecule has 0 saturated carbocycles. The van der Waals surface area contributed by atoms with Crippen molar-refractivity contribution in [2.75, 3.05) is 4.90 Å². The van der Waals surface area contributed by atoms with E-state index in [1.807, 2.05) is 12.1 Å². The molecule has 1 aromatic rings. The topological polar surface area (TPSA) is 37.4 Å². The van der Waals surface area contributed by atoms with Gasteiger partial charge in [-0.2, -0.15) is 13.2 Å². The summed E-state index contributed by atoms with van der Waals surface area (Å²) in [5, 5.41) is 0. The molecule has 21 heavy (non-hydrogen) atoms. The number of para-hydroxylation sites is 1. The quantitative estimate of drug-likeness (QED) is 0.738. The van der Waals surface area contributed by atoms with Gasteiger partial charge in [0.15, 0.2) is 5.78 Å². The number of ketones is 1. The van der Waals surface area contributed by atoms with E-state index in [4.69, 9.17) is 0 Å². The van der Waals surface area contributed by atoms with Gasteiger partial charge in [-0.05, 0) is 24.5 Å². The molecule has 3 nitrogen and oxygen atoms in total. The van der Waals surface area contributed by atoms with Gasteiger partial charge in [0.1, 0.15) is 5.57 Å². The van der Waals surface area contributed by atoms with Gasteiger partial charge in [-0.3, -0.25) is 9.59 Å². The molecule has 0 spiro atoms. The van der Waals surface area contributed by atoms with Crippen molar-refractivity contribution in [3.8, 4) is 0 Å². The zero-order valence-electron chi connectivity index (χ0n) is 11.2. The van der Waals surface area contributed by atoms with Crippen molar-refractivity contribution >= 4 is 17.4 Å². The van der Waals surface area contributed by atoms with Crippen molar-refractivity contribution in [2.45, 2.75) is 32.0 Å². The van der Waals surface area contributed by atoms with Crippen molar-refractivity contribution in [1.29, 1.82) is 0 Å². The second kappa shape index (κ2) is 4.44. The molecule has 3 rings (SSSR count). The first-order valence-electron chi connectivity index (χ1n) is 6.53. The number of rotatable bonds is 0. The van der Waals surface area contributed by atoms with Gasteiger partial charge in [0.2, 0.25) is 0 Å². The molecule has 1 amide bonds. The molecule has 0 aliphatic carbocycles. The molecule has 110 valence electrons. The summed E-state index contributed by atoms with van der Waals surface area (Å²) in [7, 11) is 0. The molecule has 0 aromatic heterocycles. The first-order chi connectivity index (χ1) is 9.79. The van der Waals surface area contributed by atoms with Crippen LogP contribution in [-0.4, -0.2) is 23.9 Å². The maximum Gasteiger partial charge on any atom is 0.420 e. The Morgan fingerprint density at radius 1 is 1.19 bits per heavy atom. The van der Waals surface area contributed by atoms with Gasteiger partial charge in [0.05, 0.1) is 5.69 Å². The van der Waals surface area contributed by atoms with Crippen LogP contribution in [0.15, 0.2) is 29.8 Å². The maximum atomic E-state index is 12.8. The Morgan fingerprint density at radius 2 is 1.90 bits per heavy atom. The minimum absolute atomic E-state index is 0.300. The van der Waals surface area contributed by atoms with E-state index in [9.17, 15) is 22.8 Å². The Kier molecular flexibility index (Phi) is 2.93. The van der Waals surface area contributed by atoms with E-state index < -0.39 is 29.5 Å². The number of carbonyl (C=O) groups is 2. The zero-order chi connectivity index (χ0) is 15.4. The molecule has 2 heterocycles. The number of Topliss-reactive ketones (excluding diaryl/α,β-unsaturated/α-hetero) is 1. The predicted molar refractivity (Wildman–Crippen MR) is 69.9 cm³/mol. The summed E-state index contributed by atoms with van der Waals surface area (Å²) < 4.78 is 38.5. The molecular formula is C15H12F3NO2. The van der Waals surface area contributed by atoms with E-state index >= 15 is 0 Å². The molecule has 2 aliphatic heterocycles. The van der Waals surface area contributed by atoms with Crippen LogP contribution in [-0.2, 0) is 16.0 Å². The van der Waals surface area contributed by atoms with Gasteiger partial charge >= 0.3 is 6.18 Å². The summed E-state index contributed by atoms with van der Waals surface area (Å²) >= 11 is 0. The molecule has 0 unspecified atom stereocenters. The standard InChI is InChI=1S/C15H12F3NO2/c1-8-3-2-4-9-5-10-6-12(20)11(15(16,17)18)7-13(21)19(10)14(8)9/h2-4,7,10H,5-6H2,1H3/t10-/m1/s1. The van der Waals surface area contributed by atoms with Crippen LogP contribution in [0.25, 0.3) is 0 Å². The highest BCUT2D eigenvalue weighted by atomic mass is 19.4. The molecule has 1 atom stereocenters. The number of allylic oxidation sites excluding steroid dienone is 1. The average Bonchev–Trinajstić information content (AvgIpc) is 2.67. The Balaban J connectivity index is 2.10. The highest BCUT2D eigenvalue weighted by Gasteiger charge is 2.45. The van der Waals surface area contributed by atoms with E-state index in [2.05, 4.69) is 0 Å². The third kappa shape index (κ3) is 2.14. The van der Waals surface area contributed by atoms with Crippen LogP contribution in [0.3, 0.4) is 0 Å². The minimum atomic E-state index is -4.79. The van der Waals surface area contributed by atoms with Gasteiger partial charge in [0.25, 0.3) is 5.91 Å². The lowest BCUT2D eigenvalue weighted by Gasteiger charge is -2.23. The third-order valence-electron chi connectivity index (χ3n) is 3.91. The number of hydrogen-bond acceptors (Lipinski definition) is 2. The number of nitrogens with zero attached hydrogens (tertiary/aromatic N) is 1. The van der Waals surface area contributed by atoms with Crippen LogP contribution in [0, 0.1) is 6.92 Å². The lowest BCUT2D eigenvalue weighted by atomic mass is 10.0. The number of anilines is 1. The summed E-state index contributed by atoms with van der Waals surface area (Å²) in [6.07, 6.45) is -4.25. The lowest BCUT2D eigenvalue weighted by molar-refractivity contribution is -0.129. The van der Waals surface area contributed by atoms with Crippen LogP contribution in [0.1, 0.15) is 17.5 Å². The molecule has 6 heteroatoms. The molecular weight excluding hydrogens is 283 g/mol. The third-order valence-corrected chi connectivity index (χ3v) is 3.91. The number of amides is 1. The Labute approximate surface area is 119 Å². The maximum absolute atomic E-state index is 12.8. The molecule has 0 bridgehead atoms. The molecule has 0 saturated heterocycles. The first-order valence-corrected chi connectivity index (χ1v) is 6.53. The number of halogens is 3. The number of carbonyl (C=O) groups excluding carboxylic acids is 2. The van der Waals surface area contributed by atoms with Gasteiger partial charge in [-0.15, -0.1) is 0 Å². The van der Waals surface area contributed by atoms with E-state index in [1.165, 1.54) is 4.90 Å². The van der Waals surface area contributed by atoms with E-state index in [0.717, 1.165) is 11.1 Å². The fourth-order valence-corrected chi connectivity index (χ4v) is 3.05. The van der Waals surface area contributed by atoms with Crippen LogP contribution in [0.2, 0.25) is 0 Å². The Bertz CT molecular complexity index is 676. The number of aryl methyl sites for hydroxylation is 1. The van der Waals surface area contributed by atoms with Crippen LogP contribution < -0.4 is 4.90 Å². The van der Waals surface area contributed by atoms with E-state index in [-0.39, 0.29) is 6.42 Å². The van der Waals surface area contributed by atoms with Crippen LogP contribution >= 0.6 is 0 Å². The number of hydrogen-bond donors (Lipinski definition) is 0. The zero-order valence-corrected chi connectivity index (χ0v) is 11.2. The average molecular weight is 295 g/mol. The highest BCUT2D eigenvalue weighted by molar-refractivity contribution is 6.12. The van der Waals surface area contributed by atoms with Crippen molar-refractivity contribution in [1.82, 2.24) is 0 Å². The van der Waals surface area contributed by atoms with Gasteiger partial charge < -0.3 is 4.90 Å². The SMILES string of the molecule is Cc1cccc2c1N1C(=O)C=C(C(F)(F)F)C(=O)C[C@H]1C2. The van der Waals surface area contributed by atoms with Gasteiger partial charge in [-0.25, -0.2) is 0 Å². The molecule has 0 radical (unpaired) electrons. The largest absolute Gasteiger partial charge is 0.420 e. The van der Waals surface area contributed by atoms with Crippen molar-refractivity contribution in [3.05, 3.63) is 41.0 Å². The van der Waals surface area contributed by atoms with E-state index in [0.29, 0.717) is 18.2 Å². The number of alkyl halides is 3. The summed E-state index contributed by atoms with van der Waals surface area (Å²) in [4.78, 5) is 25.4. The normalized spacial score (nSPS) is 21.8. The van der Waals surface area contributed by atoms with Gasteiger partial charge in [-0.1, -0.05) is 18.2 Å². The van der Waals surface area contributed by atoms with Crippen LogP contribution in [0.5, 0.6) is 0 Å². The molecule has 1 aromatic carbocycles.